The third kappa shape index (κ3) is 4.17. The van der Waals surface area contributed by atoms with Gasteiger partial charge in [-0.25, -0.2) is 0 Å². The highest BCUT2D eigenvalue weighted by atomic mass is 35.5. The van der Waals surface area contributed by atoms with Crippen LogP contribution < -0.4 is 5.32 Å². The van der Waals surface area contributed by atoms with Gasteiger partial charge in [0.15, 0.2) is 5.11 Å². The first-order chi connectivity index (χ1) is 8.06. The van der Waals surface area contributed by atoms with Gasteiger partial charge < -0.3 is 10.2 Å². The van der Waals surface area contributed by atoms with Gasteiger partial charge in [0.1, 0.15) is 0 Å². The molecule has 1 unspecified atom stereocenters. The molecule has 0 bridgehead atoms. The van der Waals surface area contributed by atoms with Crippen molar-refractivity contribution in [3.05, 3.63) is 34.9 Å². The minimum atomic E-state index is 0.213. The molecule has 0 amide bonds. The molecule has 0 heterocycles. The monoisotopic (exact) mass is 270 g/mol. The lowest BCUT2D eigenvalue weighted by molar-refractivity contribution is 0.396. The van der Waals surface area contributed by atoms with E-state index < -0.39 is 0 Å². The van der Waals surface area contributed by atoms with E-state index in [1.54, 1.807) is 0 Å². The third-order valence-electron chi connectivity index (χ3n) is 2.76. The number of hydrogen-bond donors (Lipinski definition) is 1. The Kier molecular flexibility index (Phi) is 5.72. The van der Waals surface area contributed by atoms with Crippen molar-refractivity contribution in [3.8, 4) is 0 Å². The number of nitrogens with one attached hydrogen (secondary N) is 1. The lowest BCUT2D eigenvalue weighted by atomic mass is 10.1. The number of thiocarbonyl (C=S) groups is 1. The third-order valence-corrected chi connectivity index (χ3v) is 3.43. The van der Waals surface area contributed by atoms with Crippen molar-refractivity contribution in [1.29, 1.82) is 0 Å². The van der Waals surface area contributed by atoms with Gasteiger partial charge in [-0.1, -0.05) is 30.7 Å². The highest BCUT2D eigenvalue weighted by Crippen LogP contribution is 2.21. The van der Waals surface area contributed by atoms with Crippen LogP contribution in [0.1, 0.15) is 31.9 Å². The molecule has 0 aliphatic carbocycles. The van der Waals surface area contributed by atoms with E-state index in [4.69, 9.17) is 23.8 Å². The maximum absolute atomic E-state index is 5.99. The summed E-state index contributed by atoms with van der Waals surface area (Å²) in [4.78, 5) is 2.05. The highest BCUT2D eigenvalue weighted by Gasteiger charge is 2.14. The molecule has 17 heavy (non-hydrogen) atoms. The fraction of sp³-hybridized carbons (Fsp3) is 0.462. The van der Waals surface area contributed by atoms with Crippen LogP contribution >= 0.6 is 23.8 Å². The van der Waals surface area contributed by atoms with Gasteiger partial charge in [-0.2, -0.15) is 0 Å². The Labute approximate surface area is 114 Å². The zero-order chi connectivity index (χ0) is 12.8. The molecule has 1 aromatic carbocycles. The molecule has 1 aromatic rings. The van der Waals surface area contributed by atoms with E-state index in [0.29, 0.717) is 0 Å². The van der Waals surface area contributed by atoms with Crippen LogP contribution in [0.2, 0.25) is 5.02 Å². The summed E-state index contributed by atoms with van der Waals surface area (Å²) in [5.41, 5.74) is 1.17. The Bertz CT molecular complexity index is 381. The van der Waals surface area contributed by atoms with Crippen LogP contribution in [0.25, 0.3) is 0 Å². The summed E-state index contributed by atoms with van der Waals surface area (Å²) in [6, 6.07) is 8.10. The molecular formula is C13H19ClN2S. The molecule has 0 aromatic heterocycles. The van der Waals surface area contributed by atoms with Gasteiger partial charge in [0.05, 0.1) is 6.04 Å². The summed E-state index contributed by atoms with van der Waals surface area (Å²) < 4.78 is 0. The lowest BCUT2D eigenvalue weighted by Crippen LogP contribution is -2.38. The molecule has 94 valence electrons. The normalized spacial score (nSPS) is 12.0. The van der Waals surface area contributed by atoms with Crippen LogP contribution in [0.3, 0.4) is 0 Å². The maximum atomic E-state index is 5.99. The molecule has 0 saturated heterocycles. The predicted octanol–water partition coefficient (Wildman–Crippen LogP) is 3.62. The minimum absolute atomic E-state index is 0.213. The fourth-order valence-electron chi connectivity index (χ4n) is 1.52. The number of halogens is 1. The second-order valence-electron chi connectivity index (χ2n) is 4.07. The van der Waals surface area contributed by atoms with Gasteiger partial charge in [-0.15, -0.1) is 0 Å². The topological polar surface area (TPSA) is 15.3 Å². The molecule has 0 spiro atoms. The first-order valence-corrected chi connectivity index (χ1v) is 6.61. The van der Waals surface area contributed by atoms with E-state index in [9.17, 15) is 0 Å². The molecule has 0 aliphatic rings. The first-order valence-electron chi connectivity index (χ1n) is 5.82. The molecule has 1 N–H and O–H groups in total. The standard InChI is InChI=1S/C13H19ClN2S/c1-4-8-15-13(17)16(3)10(2)11-6-5-7-12(14)9-11/h5-7,9-10H,4,8H2,1-3H3,(H,15,17). The van der Waals surface area contributed by atoms with E-state index in [-0.39, 0.29) is 6.04 Å². The van der Waals surface area contributed by atoms with Gasteiger partial charge in [-0.05, 0) is 43.3 Å². The lowest BCUT2D eigenvalue weighted by Gasteiger charge is -2.28. The van der Waals surface area contributed by atoms with Gasteiger partial charge >= 0.3 is 0 Å². The van der Waals surface area contributed by atoms with Crippen molar-refractivity contribution in [2.75, 3.05) is 13.6 Å². The Morgan fingerprint density at radius 3 is 2.82 bits per heavy atom. The Balaban J connectivity index is 2.69. The molecule has 1 rings (SSSR count). The molecule has 4 heteroatoms. The summed E-state index contributed by atoms with van der Waals surface area (Å²) in [5, 5.41) is 4.76. The number of benzene rings is 1. The SMILES string of the molecule is CCCNC(=S)N(C)C(C)c1cccc(Cl)c1. The number of nitrogens with zero attached hydrogens (tertiary/aromatic N) is 1. The van der Waals surface area contributed by atoms with Crippen molar-refractivity contribution < 1.29 is 0 Å². The molecule has 0 fully saturated rings. The molecular weight excluding hydrogens is 252 g/mol. The zero-order valence-electron chi connectivity index (χ0n) is 10.5. The average molecular weight is 271 g/mol. The summed E-state index contributed by atoms with van der Waals surface area (Å²) >= 11 is 11.3. The molecule has 0 saturated carbocycles. The van der Waals surface area contributed by atoms with Crippen LogP contribution in [0, 0.1) is 0 Å². The summed E-state index contributed by atoms with van der Waals surface area (Å²) in [7, 11) is 2.00. The number of hydrogen-bond acceptors (Lipinski definition) is 1. The van der Waals surface area contributed by atoms with Gasteiger partial charge in [0, 0.05) is 18.6 Å². The largest absolute Gasteiger partial charge is 0.363 e. The second-order valence-corrected chi connectivity index (χ2v) is 4.90. The summed E-state index contributed by atoms with van der Waals surface area (Å²) in [5.74, 6) is 0. The van der Waals surface area contributed by atoms with E-state index in [1.807, 2.05) is 25.2 Å². The van der Waals surface area contributed by atoms with Crippen LogP contribution in [-0.4, -0.2) is 23.6 Å². The second kappa shape index (κ2) is 6.82. The molecule has 2 nitrogen and oxygen atoms in total. The Morgan fingerprint density at radius 2 is 2.24 bits per heavy atom. The highest BCUT2D eigenvalue weighted by molar-refractivity contribution is 7.80. The first kappa shape index (κ1) is 14.3. The van der Waals surface area contributed by atoms with Crippen molar-refractivity contribution >= 4 is 28.9 Å². The van der Waals surface area contributed by atoms with Crippen LogP contribution in [0.15, 0.2) is 24.3 Å². The van der Waals surface area contributed by atoms with Gasteiger partial charge in [0.2, 0.25) is 0 Å². The van der Waals surface area contributed by atoms with Crippen LogP contribution in [-0.2, 0) is 0 Å². The smallest absolute Gasteiger partial charge is 0.169 e. The van der Waals surface area contributed by atoms with Crippen molar-refractivity contribution in [2.24, 2.45) is 0 Å². The minimum Gasteiger partial charge on any atom is -0.363 e. The predicted molar refractivity (Wildman–Crippen MR) is 78.5 cm³/mol. The molecule has 1 atom stereocenters. The van der Waals surface area contributed by atoms with Crippen molar-refractivity contribution in [2.45, 2.75) is 26.3 Å². The average Bonchev–Trinajstić information content (AvgIpc) is 2.34. The zero-order valence-corrected chi connectivity index (χ0v) is 12.1. The van der Waals surface area contributed by atoms with Crippen LogP contribution in [0.5, 0.6) is 0 Å². The van der Waals surface area contributed by atoms with E-state index in [1.165, 1.54) is 5.56 Å². The van der Waals surface area contributed by atoms with E-state index >= 15 is 0 Å². The quantitative estimate of drug-likeness (QED) is 0.842. The Hall–Kier alpha value is -0.800. The maximum Gasteiger partial charge on any atom is 0.169 e. The summed E-state index contributed by atoms with van der Waals surface area (Å²) in [6.07, 6.45) is 1.07. The van der Waals surface area contributed by atoms with Crippen molar-refractivity contribution in [3.63, 3.8) is 0 Å². The fourth-order valence-corrected chi connectivity index (χ4v) is 1.98. The number of rotatable bonds is 4. The summed E-state index contributed by atoms with van der Waals surface area (Å²) in [6.45, 7) is 5.15. The van der Waals surface area contributed by atoms with Gasteiger partial charge in [-0.3, -0.25) is 0 Å². The molecule has 0 aliphatic heterocycles. The van der Waals surface area contributed by atoms with Crippen LogP contribution in [0.4, 0.5) is 0 Å². The van der Waals surface area contributed by atoms with Gasteiger partial charge in [0.25, 0.3) is 0 Å². The Morgan fingerprint density at radius 1 is 1.53 bits per heavy atom. The van der Waals surface area contributed by atoms with Crippen molar-refractivity contribution in [1.82, 2.24) is 10.2 Å². The van der Waals surface area contributed by atoms with E-state index in [0.717, 1.165) is 23.1 Å². The van der Waals surface area contributed by atoms with E-state index in [2.05, 4.69) is 30.1 Å². The molecule has 0 radical (unpaired) electrons.